The Labute approximate surface area is 218 Å². The highest BCUT2D eigenvalue weighted by Crippen LogP contribution is 2.45. The molecule has 190 valence electrons. The minimum atomic E-state index is -3.97. The highest BCUT2D eigenvalue weighted by molar-refractivity contribution is 7.92. The van der Waals surface area contributed by atoms with E-state index >= 15 is 0 Å². The van der Waals surface area contributed by atoms with Crippen molar-refractivity contribution < 1.29 is 28.3 Å². The number of hydrogen-bond acceptors (Lipinski definition) is 7. The van der Waals surface area contributed by atoms with Crippen LogP contribution in [0.1, 0.15) is 29.4 Å². The maximum Gasteiger partial charge on any atom is 0.256 e. The van der Waals surface area contributed by atoms with Gasteiger partial charge in [0.2, 0.25) is 5.91 Å². The molecular formula is C25H25ClN2O6S2. The van der Waals surface area contributed by atoms with Crippen molar-refractivity contribution in [3.8, 4) is 10.4 Å². The van der Waals surface area contributed by atoms with Gasteiger partial charge < -0.3 is 10.0 Å². The smallest absolute Gasteiger partial charge is 0.256 e. The molecule has 1 fully saturated rings. The normalized spacial score (nSPS) is 20.4. The summed E-state index contributed by atoms with van der Waals surface area (Å²) in [6.07, 6.45) is -2.01. The lowest BCUT2D eigenvalue weighted by Crippen LogP contribution is -2.41. The average Bonchev–Trinajstić information content (AvgIpc) is 3.33. The summed E-state index contributed by atoms with van der Waals surface area (Å²) in [5, 5.41) is 20.4. The summed E-state index contributed by atoms with van der Waals surface area (Å²) in [4.78, 5) is 27.9. The van der Waals surface area contributed by atoms with Gasteiger partial charge in [-0.15, -0.1) is 11.3 Å². The molecule has 2 atom stereocenters. The van der Waals surface area contributed by atoms with E-state index in [4.69, 9.17) is 11.6 Å². The fourth-order valence-electron chi connectivity index (χ4n) is 4.39. The number of benzene rings is 2. The maximum atomic E-state index is 13.7. The zero-order chi connectivity index (χ0) is 25.9. The molecular weight excluding hydrogens is 524 g/mol. The van der Waals surface area contributed by atoms with Gasteiger partial charge in [-0.25, -0.2) is 13.9 Å². The van der Waals surface area contributed by atoms with E-state index in [1.807, 2.05) is 12.1 Å². The number of rotatable bonds is 6. The first-order chi connectivity index (χ1) is 17.2. The number of amides is 2. The average molecular weight is 549 g/mol. The van der Waals surface area contributed by atoms with Crippen LogP contribution in [0.4, 0.5) is 0 Å². The second-order valence-electron chi connectivity index (χ2n) is 8.58. The van der Waals surface area contributed by atoms with E-state index in [1.165, 1.54) is 16.2 Å². The van der Waals surface area contributed by atoms with E-state index in [-0.39, 0.29) is 19.5 Å². The summed E-state index contributed by atoms with van der Waals surface area (Å²) in [7, 11) is -3.97. The molecule has 0 aliphatic carbocycles. The van der Waals surface area contributed by atoms with Crippen LogP contribution in [0.2, 0.25) is 5.02 Å². The molecule has 1 aliphatic rings. The second kappa shape index (κ2) is 10.7. The molecule has 2 amide bonds. The van der Waals surface area contributed by atoms with Gasteiger partial charge in [0.25, 0.3) is 5.91 Å². The Morgan fingerprint density at radius 2 is 1.75 bits per heavy atom. The third-order valence-corrected chi connectivity index (χ3v) is 10.6. The van der Waals surface area contributed by atoms with Crippen molar-refractivity contribution in [3.63, 3.8) is 0 Å². The van der Waals surface area contributed by atoms with Crippen molar-refractivity contribution in [3.05, 3.63) is 82.2 Å². The first-order valence-corrected chi connectivity index (χ1v) is 14.0. The van der Waals surface area contributed by atoms with Crippen molar-refractivity contribution in [1.82, 2.24) is 10.4 Å². The molecule has 3 aromatic rings. The van der Waals surface area contributed by atoms with Gasteiger partial charge in [-0.1, -0.05) is 54.1 Å². The van der Waals surface area contributed by atoms with Gasteiger partial charge >= 0.3 is 0 Å². The quantitative estimate of drug-likeness (QED) is 0.320. The summed E-state index contributed by atoms with van der Waals surface area (Å²) in [6.45, 7) is -0.113. The van der Waals surface area contributed by atoms with Crippen molar-refractivity contribution in [2.45, 2.75) is 23.7 Å². The molecule has 36 heavy (non-hydrogen) atoms. The fraction of sp³-hybridized carbons (Fsp3) is 0.280. The van der Waals surface area contributed by atoms with E-state index in [9.17, 15) is 28.3 Å². The minimum absolute atomic E-state index is 0.00877. The molecule has 3 N–H and O–H groups in total. The highest BCUT2D eigenvalue weighted by Gasteiger charge is 2.50. The van der Waals surface area contributed by atoms with Crippen molar-refractivity contribution in [2.75, 3.05) is 18.8 Å². The zero-order valence-corrected chi connectivity index (χ0v) is 21.5. The number of hydrogen-bond donors (Lipinski definition) is 3. The van der Waals surface area contributed by atoms with Crippen LogP contribution < -0.4 is 5.48 Å². The standard InChI is InChI=1S/C25H25ClN2O6S2/c26-19-8-6-17(7-9-19)20-10-11-21(35-20)25(16-22(29)27-32)12-13-28(14-15-36(25,33)34)24(31)23(30)18-4-2-1-3-5-18/h1-11,23,30,32H,12-16H2,(H,27,29)/t23-,25?/m0/s1. The Kier molecular flexibility index (Phi) is 7.82. The number of thiophene rings is 1. The summed E-state index contributed by atoms with van der Waals surface area (Å²) in [5.41, 5.74) is 2.80. The van der Waals surface area contributed by atoms with Crippen LogP contribution in [0, 0.1) is 0 Å². The Morgan fingerprint density at radius 1 is 1.06 bits per heavy atom. The van der Waals surface area contributed by atoms with Gasteiger partial charge in [-0.3, -0.25) is 14.8 Å². The molecule has 1 aliphatic heterocycles. The highest BCUT2D eigenvalue weighted by atomic mass is 35.5. The van der Waals surface area contributed by atoms with Gasteiger partial charge in [0, 0.05) is 27.9 Å². The van der Waals surface area contributed by atoms with Crippen molar-refractivity contribution >= 4 is 44.6 Å². The molecule has 11 heteroatoms. The van der Waals surface area contributed by atoms with Gasteiger partial charge in [0.05, 0.1) is 12.2 Å². The van der Waals surface area contributed by atoms with Crippen molar-refractivity contribution in [1.29, 1.82) is 0 Å². The summed E-state index contributed by atoms with van der Waals surface area (Å²) < 4.78 is 25.8. The Bertz CT molecular complexity index is 1340. The number of nitrogens with zero attached hydrogens (tertiary/aromatic N) is 1. The summed E-state index contributed by atoms with van der Waals surface area (Å²) in [6, 6.07) is 19.0. The van der Waals surface area contributed by atoms with E-state index in [2.05, 4.69) is 0 Å². The number of carbonyl (C=O) groups excluding carboxylic acids is 2. The molecule has 1 aromatic heterocycles. The third-order valence-electron chi connectivity index (χ3n) is 6.43. The molecule has 4 rings (SSSR count). The maximum absolute atomic E-state index is 13.7. The molecule has 0 saturated carbocycles. The van der Waals surface area contributed by atoms with Crippen LogP contribution in [-0.2, 0) is 24.2 Å². The first kappa shape index (κ1) is 26.3. The first-order valence-electron chi connectivity index (χ1n) is 11.2. The molecule has 0 spiro atoms. The molecule has 1 saturated heterocycles. The van der Waals surface area contributed by atoms with Crippen LogP contribution in [-0.4, -0.2) is 54.3 Å². The molecule has 0 radical (unpaired) electrons. The SMILES string of the molecule is O=C(CC1(c2ccc(-c3ccc(Cl)cc3)s2)CCN(C(=O)[C@@H](O)c2ccccc2)CCS1(=O)=O)NO. The lowest BCUT2D eigenvalue weighted by molar-refractivity contribution is -0.140. The molecule has 1 unspecified atom stereocenters. The number of sulfone groups is 1. The number of carbonyl (C=O) groups is 2. The largest absolute Gasteiger partial charge is 0.378 e. The lowest BCUT2D eigenvalue weighted by Gasteiger charge is -2.30. The topological polar surface area (TPSA) is 124 Å². The van der Waals surface area contributed by atoms with Crippen molar-refractivity contribution in [2.24, 2.45) is 0 Å². The van der Waals surface area contributed by atoms with Gasteiger partial charge in [-0.2, -0.15) is 0 Å². The second-order valence-corrected chi connectivity index (χ2v) is 12.5. The van der Waals surface area contributed by atoms with Crippen LogP contribution in [0.3, 0.4) is 0 Å². The summed E-state index contributed by atoms with van der Waals surface area (Å²) >= 11 is 7.22. The lowest BCUT2D eigenvalue weighted by atomic mass is 9.97. The van der Waals surface area contributed by atoms with E-state index in [1.54, 1.807) is 60.1 Å². The van der Waals surface area contributed by atoms with Crippen LogP contribution in [0.15, 0.2) is 66.7 Å². The van der Waals surface area contributed by atoms with E-state index in [0.717, 1.165) is 10.4 Å². The molecule has 0 bridgehead atoms. The van der Waals surface area contributed by atoms with E-state index in [0.29, 0.717) is 15.5 Å². The van der Waals surface area contributed by atoms with Crippen LogP contribution in [0.25, 0.3) is 10.4 Å². The number of aliphatic hydroxyl groups excluding tert-OH is 1. The Morgan fingerprint density at radius 3 is 2.42 bits per heavy atom. The fourth-order valence-corrected chi connectivity index (χ4v) is 8.13. The minimum Gasteiger partial charge on any atom is -0.378 e. The van der Waals surface area contributed by atoms with Gasteiger partial charge in [-0.05, 0) is 41.8 Å². The predicted octanol–water partition coefficient (Wildman–Crippen LogP) is 3.54. The monoisotopic (exact) mass is 548 g/mol. The Hall–Kier alpha value is -2.76. The molecule has 8 nitrogen and oxygen atoms in total. The molecule has 2 heterocycles. The zero-order valence-electron chi connectivity index (χ0n) is 19.1. The number of aliphatic hydroxyl groups is 1. The third kappa shape index (κ3) is 5.18. The summed E-state index contributed by atoms with van der Waals surface area (Å²) in [5.74, 6) is -1.84. The predicted molar refractivity (Wildman–Crippen MR) is 137 cm³/mol. The number of nitrogens with one attached hydrogen (secondary N) is 1. The number of hydroxylamine groups is 1. The molecule has 2 aromatic carbocycles. The van der Waals surface area contributed by atoms with Crippen LogP contribution >= 0.6 is 22.9 Å². The van der Waals surface area contributed by atoms with Gasteiger partial charge in [0.1, 0.15) is 4.75 Å². The van der Waals surface area contributed by atoms with E-state index < -0.39 is 44.7 Å². The number of halogens is 1. The van der Waals surface area contributed by atoms with Crippen LogP contribution in [0.5, 0.6) is 0 Å². The van der Waals surface area contributed by atoms with Gasteiger partial charge in [0.15, 0.2) is 15.9 Å². The Balaban J connectivity index is 1.69.